The van der Waals surface area contributed by atoms with E-state index in [0.29, 0.717) is 36.3 Å². The van der Waals surface area contributed by atoms with Crippen LogP contribution in [0.3, 0.4) is 0 Å². The van der Waals surface area contributed by atoms with E-state index in [4.69, 9.17) is 0 Å². The Morgan fingerprint density at radius 2 is 1.86 bits per heavy atom. The van der Waals surface area contributed by atoms with Crippen molar-refractivity contribution in [3.05, 3.63) is 76.6 Å². The molecule has 0 radical (unpaired) electrons. The number of aromatic amines is 1. The second-order valence-corrected chi connectivity index (χ2v) is 9.87. The number of nitrogens with one attached hydrogen (secondary N) is 3. The minimum absolute atomic E-state index is 0.0324. The first kappa shape index (κ1) is 24.0. The zero-order valence-electron chi connectivity index (χ0n) is 20.9. The molecule has 7 nitrogen and oxygen atoms in total. The summed E-state index contributed by atoms with van der Waals surface area (Å²) in [6, 6.07) is 16.1. The van der Waals surface area contributed by atoms with Crippen LogP contribution in [0.25, 0.3) is 22.8 Å². The van der Waals surface area contributed by atoms with E-state index in [1.165, 1.54) is 0 Å². The van der Waals surface area contributed by atoms with Crippen molar-refractivity contribution in [3.63, 3.8) is 0 Å². The van der Waals surface area contributed by atoms with Gasteiger partial charge in [-0.2, -0.15) is 0 Å². The monoisotopic (exact) mass is 484 g/mol. The summed E-state index contributed by atoms with van der Waals surface area (Å²) < 4.78 is 0. The molecular weight excluding hydrogens is 452 g/mol. The van der Waals surface area contributed by atoms with Crippen LogP contribution < -0.4 is 10.6 Å². The highest BCUT2D eigenvalue weighted by Gasteiger charge is 2.30. The van der Waals surface area contributed by atoms with Gasteiger partial charge in [0, 0.05) is 48.7 Å². The number of benzene rings is 2. The van der Waals surface area contributed by atoms with Crippen LogP contribution in [0.4, 0.5) is 5.69 Å². The molecule has 2 aliphatic heterocycles. The summed E-state index contributed by atoms with van der Waals surface area (Å²) in [5.74, 6) is -0.228. The van der Waals surface area contributed by atoms with Crippen molar-refractivity contribution in [2.75, 3.05) is 25.0 Å². The number of amides is 2. The molecule has 4 N–H and O–H groups in total. The van der Waals surface area contributed by atoms with E-state index >= 15 is 0 Å². The highest BCUT2D eigenvalue weighted by molar-refractivity contribution is 6.36. The van der Waals surface area contributed by atoms with Gasteiger partial charge in [-0.25, -0.2) is 0 Å². The van der Waals surface area contributed by atoms with Crippen LogP contribution in [0, 0.1) is 6.92 Å². The first-order valence-corrected chi connectivity index (χ1v) is 12.5. The minimum Gasteiger partial charge on any atom is -0.396 e. The smallest absolute Gasteiger partial charge is 0.256 e. The third-order valence-corrected chi connectivity index (χ3v) is 6.81. The number of aryl methyl sites for hydroxylation is 1. The molecule has 0 unspecified atom stereocenters. The number of rotatable bonds is 5. The summed E-state index contributed by atoms with van der Waals surface area (Å²) in [7, 11) is 0. The fourth-order valence-electron chi connectivity index (χ4n) is 5.36. The molecule has 0 saturated carbocycles. The summed E-state index contributed by atoms with van der Waals surface area (Å²) >= 11 is 0. The van der Waals surface area contributed by atoms with E-state index < -0.39 is 0 Å². The van der Waals surface area contributed by atoms with Gasteiger partial charge in [0.25, 0.3) is 11.8 Å². The van der Waals surface area contributed by atoms with Gasteiger partial charge in [0.1, 0.15) is 0 Å². The topological polar surface area (TPSA) is 97.5 Å². The lowest BCUT2D eigenvalue weighted by atomic mass is 9.93. The maximum atomic E-state index is 13.5. The Balaban J connectivity index is 1.57. The lowest BCUT2D eigenvalue weighted by Gasteiger charge is -2.36. The average Bonchev–Trinajstić information content (AvgIpc) is 3.37. The third-order valence-electron chi connectivity index (χ3n) is 6.81. The molecule has 2 aliphatic rings. The Labute approximate surface area is 211 Å². The van der Waals surface area contributed by atoms with Crippen molar-refractivity contribution in [2.24, 2.45) is 0 Å². The molecule has 0 bridgehead atoms. The highest BCUT2D eigenvalue weighted by Crippen LogP contribution is 2.41. The first-order chi connectivity index (χ1) is 17.3. The van der Waals surface area contributed by atoms with Crippen molar-refractivity contribution in [2.45, 2.75) is 39.3 Å². The second-order valence-electron chi connectivity index (χ2n) is 9.87. The molecule has 1 saturated heterocycles. The number of fused-ring (bicyclic) bond motifs is 1. The fraction of sp³-hybridized carbons (Fsp3) is 0.310. The van der Waals surface area contributed by atoms with Crippen molar-refractivity contribution in [1.82, 2.24) is 15.2 Å². The predicted octanol–water partition coefficient (Wildman–Crippen LogP) is 3.84. The number of aliphatic hydroxyl groups excluding tert-OH is 1. The maximum absolute atomic E-state index is 13.5. The summed E-state index contributed by atoms with van der Waals surface area (Å²) in [5.41, 5.74) is 7.10. The van der Waals surface area contributed by atoms with E-state index in [9.17, 15) is 14.7 Å². The van der Waals surface area contributed by atoms with Crippen LogP contribution in [-0.4, -0.2) is 58.6 Å². The Hall–Kier alpha value is -3.68. The number of carbonyl (C=O) groups is 2. The zero-order valence-corrected chi connectivity index (χ0v) is 20.9. The van der Waals surface area contributed by atoms with Crippen molar-refractivity contribution < 1.29 is 14.7 Å². The molecule has 186 valence electrons. The summed E-state index contributed by atoms with van der Waals surface area (Å²) in [4.78, 5) is 31.9. The van der Waals surface area contributed by atoms with Gasteiger partial charge in [-0.1, -0.05) is 36.4 Å². The third kappa shape index (κ3) is 4.59. The number of H-pyrrole nitrogens is 1. The van der Waals surface area contributed by atoms with Crippen molar-refractivity contribution in [3.8, 4) is 11.1 Å². The van der Waals surface area contributed by atoms with Crippen LogP contribution in [0.15, 0.2) is 48.5 Å². The lowest BCUT2D eigenvalue weighted by Crippen LogP contribution is -2.55. The normalized spacial score (nSPS) is 20.5. The zero-order chi connectivity index (χ0) is 25.4. The summed E-state index contributed by atoms with van der Waals surface area (Å²) in [5, 5.41) is 15.8. The minimum atomic E-state index is -0.195. The Morgan fingerprint density at radius 1 is 1.11 bits per heavy atom. The van der Waals surface area contributed by atoms with Crippen LogP contribution >= 0.6 is 0 Å². The first-order valence-electron chi connectivity index (χ1n) is 12.5. The Morgan fingerprint density at radius 3 is 2.61 bits per heavy atom. The summed E-state index contributed by atoms with van der Waals surface area (Å²) in [6.45, 7) is 7.44. The molecule has 2 amide bonds. The number of piperazine rings is 1. The van der Waals surface area contributed by atoms with Crippen LogP contribution in [-0.2, 0) is 11.2 Å². The predicted molar refractivity (Wildman–Crippen MR) is 143 cm³/mol. The van der Waals surface area contributed by atoms with Gasteiger partial charge in [0.15, 0.2) is 0 Å². The highest BCUT2D eigenvalue weighted by atomic mass is 16.3. The van der Waals surface area contributed by atoms with Gasteiger partial charge in [-0.3, -0.25) is 9.59 Å². The standard InChI is InChI=1S/C29H32N4O3/c1-17-12-23(29(36)33-15-18(2)30-19(3)16-33)26(31-17)14-24-27-22(8-5-9-25(27)32-28(24)35)21-7-4-6-20(13-21)10-11-34/h4-9,12-14,18-19,30-31,34H,10-11,15-16H2,1-3H3,(H,32,35)/t18-,19+. The molecule has 1 aromatic heterocycles. The average molecular weight is 485 g/mol. The van der Waals surface area contributed by atoms with Crippen LogP contribution in [0.5, 0.6) is 0 Å². The van der Waals surface area contributed by atoms with Gasteiger partial charge in [-0.15, -0.1) is 0 Å². The number of nitrogens with zero attached hydrogens (tertiary/aromatic N) is 1. The van der Waals surface area contributed by atoms with Crippen molar-refractivity contribution in [1.29, 1.82) is 0 Å². The molecule has 2 atom stereocenters. The maximum Gasteiger partial charge on any atom is 0.256 e. The van der Waals surface area contributed by atoms with Crippen LogP contribution in [0.1, 0.15) is 46.7 Å². The Kier molecular flexibility index (Phi) is 6.51. The molecule has 2 aromatic carbocycles. The molecule has 0 aliphatic carbocycles. The number of hydrogen-bond donors (Lipinski definition) is 4. The largest absolute Gasteiger partial charge is 0.396 e. The van der Waals surface area contributed by atoms with E-state index in [0.717, 1.165) is 33.6 Å². The van der Waals surface area contributed by atoms with E-state index in [1.807, 2.05) is 60.4 Å². The second kappa shape index (κ2) is 9.76. The fourth-order valence-corrected chi connectivity index (χ4v) is 5.36. The molecule has 3 heterocycles. The van der Waals surface area contributed by atoms with E-state index in [-0.39, 0.29) is 30.5 Å². The SMILES string of the molecule is Cc1cc(C(=O)N2C[C@@H](C)N[C@@H](C)C2)c(C=C2C(=O)Nc3cccc(-c4cccc(CCO)c4)c32)[nH]1. The number of anilines is 1. The van der Waals surface area contributed by atoms with Crippen molar-refractivity contribution >= 4 is 29.2 Å². The number of aromatic nitrogens is 1. The van der Waals surface area contributed by atoms with Gasteiger partial charge < -0.3 is 25.6 Å². The molecule has 7 heteroatoms. The molecular formula is C29H32N4O3. The summed E-state index contributed by atoms with van der Waals surface area (Å²) in [6.07, 6.45) is 2.37. The van der Waals surface area contributed by atoms with Gasteiger partial charge in [0.05, 0.1) is 16.8 Å². The van der Waals surface area contributed by atoms with E-state index in [2.05, 4.69) is 29.5 Å². The van der Waals surface area contributed by atoms with Crippen LogP contribution in [0.2, 0.25) is 0 Å². The van der Waals surface area contributed by atoms with E-state index in [1.54, 1.807) is 6.08 Å². The number of carbonyl (C=O) groups excluding carboxylic acids is 2. The molecule has 3 aromatic rings. The lowest BCUT2D eigenvalue weighted by molar-refractivity contribution is -0.110. The quantitative estimate of drug-likeness (QED) is 0.414. The Bertz CT molecular complexity index is 1350. The van der Waals surface area contributed by atoms with Gasteiger partial charge in [-0.05, 0) is 62.1 Å². The molecule has 1 fully saturated rings. The molecule has 0 spiro atoms. The number of hydrogen-bond acceptors (Lipinski definition) is 4. The molecule has 5 rings (SSSR count). The van der Waals surface area contributed by atoms with Gasteiger partial charge in [0.2, 0.25) is 0 Å². The number of aliphatic hydroxyl groups is 1. The molecule has 36 heavy (non-hydrogen) atoms. The van der Waals surface area contributed by atoms with Gasteiger partial charge >= 0.3 is 0 Å².